The molecule has 1 aliphatic rings. The Kier molecular flexibility index (Phi) is 3.07. The quantitative estimate of drug-likeness (QED) is 0.827. The predicted molar refractivity (Wildman–Crippen MR) is 69.1 cm³/mol. The molecular weight excluding hydrogens is 212 g/mol. The molecule has 2 heterocycles. The second kappa shape index (κ2) is 4.85. The molecule has 17 heavy (non-hydrogen) atoms. The maximum Gasteiger partial charge on any atom is 0.108 e. The van der Waals surface area contributed by atoms with Gasteiger partial charge in [-0.1, -0.05) is 12.1 Å². The number of benzene rings is 1. The number of piperazine rings is 1. The summed E-state index contributed by atoms with van der Waals surface area (Å²) in [5.41, 5.74) is 2.21. The van der Waals surface area contributed by atoms with Crippen molar-refractivity contribution in [2.24, 2.45) is 0 Å². The van der Waals surface area contributed by atoms with Crippen molar-refractivity contribution in [2.45, 2.75) is 6.42 Å². The zero-order chi connectivity index (χ0) is 11.5. The fourth-order valence-electron chi connectivity index (χ4n) is 2.32. The van der Waals surface area contributed by atoms with Crippen molar-refractivity contribution in [3.05, 3.63) is 30.1 Å². The van der Waals surface area contributed by atoms with Gasteiger partial charge in [-0.3, -0.25) is 0 Å². The third-order valence-corrected chi connectivity index (χ3v) is 3.31. The standard InChI is InChI=1S/C13H18N4/c1-2-4-12-11(3-1)15-13(16-12)5-8-17-9-6-14-7-10-17/h1-4,14H,5-10H2,(H,15,16). The van der Waals surface area contributed by atoms with E-state index >= 15 is 0 Å². The van der Waals surface area contributed by atoms with Gasteiger partial charge in [0.25, 0.3) is 0 Å². The maximum absolute atomic E-state index is 4.60. The second-order valence-electron chi connectivity index (χ2n) is 4.54. The maximum atomic E-state index is 4.60. The van der Waals surface area contributed by atoms with Crippen molar-refractivity contribution < 1.29 is 0 Å². The van der Waals surface area contributed by atoms with Crippen LogP contribution >= 0.6 is 0 Å². The SMILES string of the molecule is c1ccc2[nH]c(CCN3CCNCC3)nc2c1. The molecule has 1 aliphatic heterocycles. The van der Waals surface area contributed by atoms with E-state index in [0.717, 1.165) is 56.0 Å². The van der Waals surface area contributed by atoms with Gasteiger partial charge in [-0.05, 0) is 12.1 Å². The minimum Gasteiger partial charge on any atom is -0.342 e. The highest BCUT2D eigenvalue weighted by molar-refractivity contribution is 5.74. The van der Waals surface area contributed by atoms with Gasteiger partial charge >= 0.3 is 0 Å². The molecule has 3 rings (SSSR count). The highest BCUT2D eigenvalue weighted by Crippen LogP contribution is 2.10. The van der Waals surface area contributed by atoms with Crippen LogP contribution in [0, 0.1) is 0 Å². The average molecular weight is 230 g/mol. The first-order valence-electron chi connectivity index (χ1n) is 6.28. The number of hydrogen-bond donors (Lipinski definition) is 2. The summed E-state index contributed by atoms with van der Waals surface area (Å²) in [6.07, 6.45) is 1.01. The summed E-state index contributed by atoms with van der Waals surface area (Å²) < 4.78 is 0. The third kappa shape index (κ3) is 2.48. The number of aromatic amines is 1. The highest BCUT2D eigenvalue weighted by Gasteiger charge is 2.10. The molecule has 0 atom stereocenters. The lowest BCUT2D eigenvalue weighted by atomic mass is 10.3. The molecule has 1 aromatic heterocycles. The van der Waals surface area contributed by atoms with E-state index in [4.69, 9.17) is 0 Å². The van der Waals surface area contributed by atoms with Gasteiger partial charge in [-0.25, -0.2) is 4.98 Å². The second-order valence-corrected chi connectivity index (χ2v) is 4.54. The number of para-hydroxylation sites is 2. The topological polar surface area (TPSA) is 44.0 Å². The van der Waals surface area contributed by atoms with E-state index in [2.05, 4.69) is 32.3 Å². The van der Waals surface area contributed by atoms with Crippen LogP contribution in [-0.4, -0.2) is 47.6 Å². The fraction of sp³-hybridized carbons (Fsp3) is 0.462. The molecule has 4 heteroatoms. The molecule has 4 nitrogen and oxygen atoms in total. The van der Waals surface area contributed by atoms with Crippen molar-refractivity contribution in [1.29, 1.82) is 0 Å². The molecule has 0 spiro atoms. The lowest BCUT2D eigenvalue weighted by Crippen LogP contribution is -2.44. The van der Waals surface area contributed by atoms with Gasteiger partial charge in [0, 0.05) is 39.1 Å². The van der Waals surface area contributed by atoms with Gasteiger partial charge in [0.1, 0.15) is 5.82 Å². The molecule has 0 radical (unpaired) electrons. The smallest absolute Gasteiger partial charge is 0.108 e. The number of nitrogens with one attached hydrogen (secondary N) is 2. The van der Waals surface area contributed by atoms with E-state index in [1.165, 1.54) is 0 Å². The predicted octanol–water partition coefficient (Wildman–Crippen LogP) is 1.01. The van der Waals surface area contributed by atoms with Crippen LogP contribution in [-0.2, 0) is 6.42 Å². The molecule has 0 bridgehead atoms. The van der Waals surface area contributed by atoms with Crippen LogP contribution in [0.5, 0.6) is 0 Å². The Labute approximate surface area is 101 Å². The lowest BCUT2D eigenvalue weighted by molar-refractivity contribution is 0.242. The van der Waals surface area contributed by atoms with Crippen LogP contribution in [0.1, 0.15) is 5.82 Å². The van der Waals surface area contributed by atoms with Gasteiger partial charge in [0.05, 0.1) is 11.0 Å². The first kappa shape index (κ1) is 10.7. The monoisotopic (exact) mass is 230 g/mol. The summed E-state index contributed by atoms with van der Waals surface area (Å²) >= 11 is 0. The van der Waals surface area contributed by atoms with Crippen LogP contribution in [0.25, 0.3) is 11.0 Å². The molecule has 1 saturated heterocycles. The first-order valence-corrected chi connectivity index (χ1v) is 6.28. The molecule has 90 valence electrons. The first-order chi connectivity index (χ1) is 8.42. The molecular formula is C13H18N4. The Morgan fingerprint density at radius 1 is 1.18 bits per heavy atom. The number of fused-ring (bicyclic) bond motifs is 1. The van der Waals surface area contributed by atoms with Crippen LogP contribution in [0.3, 0.4) is 0 Å². The molecule has 2 aromatic rings. The van der Waals surface area contributed by atoms with E-state index in [1.807, 2.05) is 12.1 Å². The molecule has 2 N–H and O–H groups in total. The minimum absolute atomic E-state index is 1.01. The summed E-state index contributed by atoms with van der Waals surface area (Å²) in [6.45, 7) is 5.63. The van der Waals surface area contributed by atoms with E-state index in [-0.39, 0.29) is 0 Å². The zero-order valence-corrected chi connectivity index (χ0v) is 9.95. The molecule has 1 fully saturated rings. The molecule has 0 unspecified atom stereocenters. The van der Waals surface area contributed by atoms with Crippen molar-refractivity contribution in [3.63, 3.8) is 0 Å². The number of nitrogens with zero attached hydrogens (tertiary/aromatic N) is 2. The van der Waals surface area contributed by atoms with E-state index < -0.39 is 0 Å². The summed E-state index contributed by atoms with van der Waals surface area (Å²) in [6, 6.07) is 8.21. The van der Waals surface area contributed by atoms with Gasteiger partial charge in [-0.2, -0.15) is 0 Å². The average Bonchev–Trinajstić information content (AvgIpc) is 2.80. The van der Waals surface area contributed by atoms with E-state index in [0.29, 0.717) is 0 Å². The number of hydrogen-bond acceptors (Lipinski definition) is 3. The Balaban J connectivity index is 1.64. The third-order valence-electron chi connectivity index (χ3n) is 3.31. The van der Waals surface area contributed by atoms with Crippen LogP contribution in [0.4, 0.5) is 0 Å². The molecule has 0 saturated carbocycles. The molecule has 0 aliphatic carbocycles. The molecule has 0 amide bonds. The van der Waals surface area contributed by atoms with Crippen molar-refractivity contribution in [2.75, 3.05) is 32.7 Å². The van der Waals surface area contributed by atoms with Crippen LogP contribution in [0.2, 0.25) is 0 Å². The number of H-pyrrole nitrogens is 1. The lowest BCUT2D eigenvalue weighted by Gasteiger charge is -2.26. The van der Waals surface area contributed by atoms with Gasteiger partial charge < -0.3 is 15.2 Å². The summed E-state index contributed by atoms with van der Waals surface area (Å²) in [5.74, 6) is 1.10. The Morgan fingerprint density at radius 2 is 2.00 bits per heavy atom. The Hall–Kier alpha value is -1.39. The molecule has 1 aromatic carbocycles. The Bertz CT molecular complexity index is 452. The highest BCUT2D eigenvalue weighted by atomic mass is 15.2. The van der Waals surface area contributed by atoms with Crippen molar-refractivity contribution in [1.82, 2.24) is 20.2 Å². The zero-order valence-electron chi connectivity index (χ0n) is 9.95. The van der Waals surface area contributed by atoms with Crippen molar-refractivity contribution >= 4 is 11.0 Å². The van der Waals surface area contributed by atoms with Crippen LogP contribution in [0.15, 0.2) is 24.3 Å². The summed E-state index contributed by atoms with van der Waals surface area (Å²) in [5, 5.41) is 3.37. The van der Waals surface area contributed by atoms with E-state index in [9.17, 15) is 0 Å². The fourth-order valence-corrected chi connectivity index (χ4v) is 2.32. The number of imidazole rings is 1. The number of aromatic nitrogens is 2. The van der Waals surface area contributed by atoms with E-state index in [1.54, 1.807) is 0 Å². The summed E-state index contributed by atoms with van der Waals surface area (Å²) in [4.78, 5) is 10.5. The minimum atomic E-state index is 1.01. The van der Waals surface area contributed by atoms with Crippen LogP contribution < -0.4 is 5.32 Å². The number of rotatable bonds is 3. The van der Waals surface area contributed by atoms with Gasteiger partial charge in [0.15, 0.2) is 0 Å². The Morgan fingerprint density at radius 3 is 2.82 bits per heavy atom. The van der Waals surface area contributed by atoms with Crippen molar-refractivity contribution in [3.8, 4) is 0 Å². The van der Waals surface area contributed by atoms with Gasteiger partial charge in [-0.15, -0.1) is 0 Å². The van der Waals surface area contributed by atoms with Gasteiger partial charge in [0.2, 0.25) is 0 Å². The largest absolute Gasteiger partial charge is 0.342 e. The summed E-state index contributed by atoms with van der Waals surface area (Å²) in [7, 11) is 0. The normalized spacial score (nSPS) is 17.6.